The van der Waals surface area contributed by atoms with Gasteiger partial charge in [0.05, 0.1) is 33.0 Å². The Morgan fingerprint density at radius 2 is 1.85 bits per heavy atom. The van der Waals surface area contributed by atoms with Crippen LogP contribution < -0.4 is 10.1 Å². The summed E-state index contributed by atoms with van der Waals surface area (Å²) in [6.45, 7) is 3.90. The monoisotopic (exact) mass is 283 g/mol. The highest BCUT2D eigenvalue weighted by Gasteiger charge is 2.09. The number of aliphatic hydroxyl groups excluding tert-OH is 1. The Morgan fingerprint density at radius 3 is 2.45 bits per heavy atom. The fourth-order valence-corrected chi connectivity index (χ4v) is 1.74. The van der Waals surface area contributed by atoms with Crippen LogP contribution in [0, 0.1) is 0 Å². The lowest BCUT2D eigenvalue weighted by molar-refractivity contribution is 0.0130. The third-order valence-corrected chi connectivity index (χ3v) is 3.02. The van der Waals surface area contributed by atoms with Crippen LogP contribution in [0.2, 0.25) is 0 Å². The lowest BCUT2D eigenvalue weighted by atomic mass is 10.1. The molecule has 0 saturated carbocycles. The summed E-state index contributed by atoms with van der Waals surface area (Å²) in [4.78, 5) is 0. The number of hydrogen-bond acceptors (Lipinski definition) is 5. The van der Waals surface area contributed by atoms with Crippen LogP contribution in [0.5, 0.6) is 5.75 Å². The first-order chi connectivity index (χ1) is 9.67. The van der Waals surface area contributed by atoms with Crippen molar-refractivity contribution >= 4 is 0 Å². The van der Waals surface area contributed by atoms with Gasteiger partial charge in [0.15, 0.2) is 0 Å². The zero-order valence-corrected chi connectivity index (χ0v) is 12.5. The van der Waals surface area contributed by atoms with Gasteiger partial charge in [-0.15, -0.1) is 0 Å². The van der Waals surface area contributed by atoms with Crippen molar-refractivity contribution in [3.63, 3.8) is 0 Å². The molecule has 0 radical (unpaired) electrons. The summed E-state index contributed by atoms with van der Waals surface area (Å²) in [6, 6.07) is 8.04. The molecule has 0 aliphatic heterocycles. The fourth-order valence-electron chi connectivity index (χ4n) is 1.74. The first-order valence-electron chi connectivity index (χ1n) is 6.79. The van der Waals surface area contributed by atoms with Gasteiger partial charge < -0.3 is 24.6 Å². The normalized spacial score (nSPS) is 14.0. The summed E-state index contributed by atoms with van der Waals surface area (Å²) in [5.74, 6) is 0.840. The van der Waals surface area contributed by atoms with Crippen molar-refractivity contribution in [1.82, 2.24) is 5.32 Å². The Balaban J connectivity index is 2.25. The second-order valence-corrected chi connectivity index (χ2v) is 4.62. The van der Waals surface area contributed by atoms with E-state index in [1.165, 1.54) is 0 Å². The summed E-state index contributed by atoms with van der Waals surface area (Å²) >= 11 is 0. The van der Waals surface area contributed by atoms with E-state index in [0.29, 0.717) is 26.4 Å². The average Bonchev–Trinajstić information content (AvgIpc) is 2.49. The van der Waals surface area contributed by atoms with E-state index in [2.05, 4.69) is 12.2 Å². The highest BCUT2D eigenvalue weighted by atomic mass is 16.5. The van der Waals surface area contributed by atoms with Crippen LogP contribution in [0.25, 0.3) is 0 Å². The second kappa shape index (κ2) is 9.72. The molecule has 2 atom stereocenters. The molecule has 20 heavy (non-hydrogen) atoms. The summed E-state index contributed by atoms with van der Waals surface area (Å²) < 4.78 is 15.3. The molecule has 1 aromatic carbocycles. The van der Waals surface area contributed by atoms with Gasteiger partial charge in [0, 0.05) is 19.7 Å². The average molecular weight is 283 g/mol. The number of nitrogens with one attached hydrogen (secondary N) is 1. The van der Waals surface area contributed by atoms with Crippen molar-refractivity contribution in [3.8, 4) is 5.75 Å². The maximum atomic E-state index is 9.78. The Bertz CT molecular complexity index is 355. The molecule has 0 aliphatic carbocycles. The molecule has 0 aromatic heterocycles. The van der Waals surface area contributed by atoms with E-state index < -0.39 is 6.10 Å². The predicted octanol–water partition coefficient (Wildman–Crippen LogP) is 1.37. The highest BCUT2D eigenvalue weighted by molar-refractivity contribution is 5.28. The van der Waals surface area contributed by atoms with E-state index >= 15 is 0 Å². The molecule has 1 aromatic rings. The molecule has 0 fully saturated rings. The van der Waals surface area contributed by atoms with Crippen LogP contribution in [-0.2, 0) is 9.47 Å². The summed E-state index contributed by atoms with van der Waals surface area (Å²) in [5.41, 5.74) is 1.15. The van der Waals surface area contributed by atoms with E-state index in [-0.39, 0.29) is 6.04 Å². The van der Waals surface area contributed by atoms with Crippen LogP contribution in [0.15, 0.2) is 24.3 Å². The molecule has 0 heterocycles. The number of rotatable bonds is 10. The Morgan fingerprint density at radius 1 is 1.15 bits per heavy atom. The number of aliphatic hydroxyl groups is 1. The van der Waals surface area contributed by atoms with Gasteiger partial charge in [-0.2, -0.15) is 0 Å². The van der Waals surface area contributed by atoms with Crippen LogP contribution in [0.4, 0.5) is 0 Å². The van der Waals surface area contributed by atoms with Gasteiger partial charge >= 0.3 is 0 Å². The summed E-state index contributed by atoms with van der Waals surface area (Å²) in [5, 5.41) is 13.1. The summed E-state index contributed by atoms with van der Waals surface area (Å²) in [7, 11) is 3.27. The molecule has 0 spiro atoms. The van der Waals surface area contributed by atoms with Crippen molar-refractivity contribution < 1.29 is 19.3 Å². The van der Waals surface area contributed by atoms with Crippen LogP contribution >= 0.6 is 0 Å². The minimum absolute atomic E-state index is 0.162. The minimum atomic E-state index is -0.521. The number of hydrogen-bond donors (Lipinski definition) is 2. The lowest BCUT2D eigenvalue weighted by Gasteiger charge is -2.18. The van der Waals surface area contributed by atoms with E-state index in [9.17, 15) is 5.11 Å². The van der Waals surface area contributed by atoms with E-state index in [1.54, 1.807) is 14.2 Å². The first-order valence-corrected chi connectivity index (χ1v) is 6.79. The number of ether oxygens (including phenoxy) is 3. The topological polar surface area (TPSA) is 60.0 Å². The van der Waals surface area contributed by atoms with E-state index in [0.717, 1.165) is 11.3 Å². The van der Waals surface area contributed by atoms with E-state index in [4.69, 9.17) is 14.2 Å². The van der Waals surface area contributed by atoms with Gasteiger partial charge in [-0.25, -0.2) is 0 Å². The van der Waals surface area contributed by atoms with Crippen LogP contribution in [-0.4, -0.2) is 51.8 Å². The van der Waals surface area contributed by atoms with E-state index in [1.807, 2.05) is 24.3 Å². The van der Waals surface area contributed by atoms with Gasteiger partial charge in [-0.3, -0.25) is 0 Å². The molecule has 1 rings (SSSR count). The highest BCUT2D eigenvalue weighted by Crippen LogP contribution is 2.17. The standard InChI is InChI=1S/C15H25NO4/c1-12(13-4-6-15(19-3)7-5-13)16-10-14(17)11-20-9-8-18-2/h4-7,12,14,16-17H,8-11H2,1-3H3/t12-,14?/m0/s1. The van der Waals surface area contributed by atoms with Crippen molar-refractivity contribution in [1.29, 1.82) is 0 Å². The van der Waals surface area contributed by atoms with Gasteiger partial charge in [0.2, 0.25) is 0 Å². The summed E-state index contributed by atoms with van der Waals surface area (Å²) in [6.07, 6.45) is -0.521. The molecule has 0 saturated heterocycles. The third-order valence-electron chi connectivity index (χ3n) is 3.02. The molecule has 0 bridgehead atoms. The molecular formula is C15H25NO4. The molecule has 5 heteroatoms. The van der Waals surface area contributed by atoms with Crippen molar-refractivity contribution in [3.05, 3.63) is 29.8 Å². The van der Waals surface area contributed by atoms with Crippen LogP contribution in [0.1, 0.15) is 18.5 Å². The molecule has 5 nitrogen and oxygen atoms in total. The predicted molar refractivity (Wildman–Crippen MR) is 78.1 cm³/mol. The maximum absolute atomic E-state index is 9.78. The smallest absolute Gasteiger partial charge is 0.118 e. The molecule has 0 amide bonds. The number of benzene rings is 1. The largest absolute Gasteiger partial charge is 0.497 e. The van der Waals surface area contributed by atoms with Crippen LogP contribution in [0.3, 0.4) is 0 Å². The van der Waals surface area contributed by atoms with Crippen molar-refractivity contribution in [2.75, 3.05) is 40.6 Å². The zero-order valence-electron chi connectivity index (χ0n) is 12.5. The van der Waals surface area contributed by atoms with Gasteiger partial charge in [0.25, 0.3) is 0 Å². The fraction of sp³-hybridized carbons (Fsp3) is 0.600. The SMILES string of the molecule is COCCOCC(O)CN[C@@H](C)c1ccc(OC)cc1. The lowest BCUT2D eigenvalue weighted by Crippen LogP contribution is -2.32. The van der Waals surface area contributed by atoms with Gasteiger partial charge in [-0.05, 0) is 24.6 Å². The minimum Gasteiger partial charge on any atom is -0.497 e. The third kappa shape index (κ3) is 6.34. The first kappa shape index (κ1) is 16.9. The second-order valence-electron chi connectivity index (χ2n) is 4.62. The molecular weight excluding hydrogens is 258 g/mol. The molecule has 0 aliphatic rings. The van der Waals surface area contributed by atoms with Crippen molar-refractivity contribution in [2.45, 2.75) is 19.1 Å². The quantitative estimate of drug-likeness (QED) is 0.635. The van der Waals surface area contributed by atoms with Crippen molar-refractivity contribution in [2.24, 2.45) is 0 Å². The van der Waals surface area contributed by atoms with Gasteiger partial charge in [-0.1, -0.05) is 12.1 Å². The Hall–Kier alpha value is -1.14. The van der Waals surface area contributed by atoms with Gasteiger partial charge in [0.1, 0.15) is 5.75 Å². The molecule has 114 valence electrons. The molecule has 2 N–H and O–H groups in total. The number of methoxy groups -OCH3 is 2. The molecule has 1 unspecified atom stereocenters. The maximum Gasteiger partial charge on any atom is 0.118 e. The zero-order chi connectivity index (χ0) is 14.8. The Labute approximate surface area is 120 Å². The Kier molecular flexibility index (Phi) is 8.22.